The molecule has 2 aromatic rings. The third kappa shape index (κ3) is 11.3. The van der Waals surface area contributed by atoms with Gasteiger partial charge in [-0.2, -0.15) is 0 Å². The first-order valence-corrected chi connectivity index (χ1v) is 16.6. The zero-order valence-electron chi connectivity index (χ0n) is 29.0. The predicted molar refractivity (Wildman–Crippen MR) is 180 cm³/mol. The van der Waals surface area contributed by atoms with Crippen LogP contribution >= 0.6 is 0 Å². The molecule has 9 heteroatoms. The summed E-state index contributed by atoms with van der Waals surface area (Å²) >= 11 is 0. The summed E-state index contributed by atoms with van der Waals surface area (Å²) in [6.07, 6.45) is 4.29. The number of rotatable bonds is 4. The Morgan fingerprint density at radius 3 is 2.40 bits per heavy atom. The van der Waals surface area contributed by atoms with Crippen molar-refractivity contribution >= 4 is 34.6 Å². The predicted octanol–water partition coefficient (Wildman–Crippen LogP) is 7.14. The van der Waals surface area contributed by atoms with Crippen molar-refractivity contribution in [3.8, 4) is 0 Å². The second kappa shape index (κ2) is 20.1. The van der Waals surface area contributed by atoms with Crippen LogP contribution in [0.25, 0.3) is 17.0 Å². The third-order valence-electron chi connectivity index (χ3n) is 7.85. The van der Waals surface area contributed by atoms with E-state index in [0.717, 1.165) is 16.5 Å². The number of benzene rings is 1. The van der Waals surface area contributed by atoms with E-state index in [0.29, 0.717) is 19.4 Å². The monoisotopic (exact) mass is 628 g/mol. The van der Waals surface area contributed by atoms with Gasteiger partial charge in [-0.15, -0.1) is 0 Å². The molecule has 2 aliphatic heterocycles. The lowest BCUT2D eigenvalue weighted by atomic mass is 9.80. The number of hydrogen-bond acceptors (Lipinski definition) is 8. The minimum absolute atomic E-state index is 0.0410. The molecule has 2 aliphatic rings. The van der Waals surface area contributed by atoms with Gasteiger partial charge < -0.3 is 24.6 Å². The van der Waals surface area contributed by atoms with Gasteiger partial charge in [-0.3, -0.25) is 14.6 Å². The van der Waals surface area contributed by atoms with Crippen LogP contribution in [0.1, 0.15) is 94.1 Å². The standard InChI is InChI=1S/C30H38N2O7.3C2H6/c1-18-14-23(37-13-7-8-21-15-22-9-5-6-10-24(22)31-16-21)11-12-25(33)19(2)28(35)38-17-30(4)27(20(3)26(18)34)32-29(36)39-30;3*1-2/h5-10,15-16,18-20,23,27-28,35H,11-14,17H2,1-4H3,(H,32,36);3*1-2H3/b8-7+;;;/t18-,19?,20?,23?,27-,28?,30-;;;/m1.../s1. The lowest BCUT2D eigenvalue weighted by molar-refractivity contribution is -0.173. The maximum Gasteiger partial charge on any atom is 0.408 e. The van der Waals surface area contributed by atoms with Crippen LogP contribution in [0.15, 0.2) is 42.6 Å². The van der Waals surface area contributed by atoms with Crippen LogP contribution in [0.3, 0.4) is 0 Å². The van der Waals surface area contributed by atoms with Gasteiger partial charge in [0.05, 0.1) is 36.8 Å². The number of ether oxygens (including phenoxy) is 3. The van der Waals surface area contributed by atoms with Crippen LogP contribution in [0.2, 0.25) is 0 Å². The first-order valence-electron chi connectivity index (χ1n) is 16.6. The summed E-state index contributed by atoms with van der Waals surface area (Å²) in [5.74, 6) is -1.90. The fourth-order valence-electron chi connectivity index (χ4n) is 5.39. The number of fused-ring (bicyclic) bond motifs is 2. The summed E-state index contributed by atoms with van der Waals surface area (Å²) in [7, 11) is 0. The molecule has 0 saturated carbocycles. The highest BCUT2D eigenvalue weighted by molar-refractivity contribution is 5.85. The highest BCUT2D eigenvalue weighted by atomic mass is 16.6. The molecule has 4 unspecified atom stereocenters. The molecule has 7 atom stereocenters. The number of nitrogens with zero attached hydrogens (tertiary/aromatic N) is 1. The molecule has 0 bridgehead atoms. The Hall–Kier alpha value is -3.14. The Bertz CT molecular complexity index is 1230. The minimum atomic E-state index is -1.36. The molecule has 9 nitrogen and oxygen atoms in total. The number of aliphatic hydroxyl groups is 1. The number of para-hydroxylation sites is 1. The van der Waals surface area contributed by atoms with Gasteiger partial charge in [-0.1, -0.05) is 92.7 Å². The lowest BCUT2D eigenvalue weighted by Crippen LogP contribution is -2.52. The number of carbonyl (C=O) groups is 3. The molecule has 1 amide bonds. The van der Waals surface area contributed by atoms with Crippen LogP contribution in [0.4, 0.5) is 4.79 Å². The van der Waals surface area contributed by atoms with E-state index in [9.17, 15) is 19.5 Å². The summed E-state index contributed by atoms with van der Waals surface area (Å²) in [4.78, 5) is 42.8. The van der Waals surface area contributed by atoms with Crippen LogP contribution in [0, 0.1) is 17.8 Å². The van der Waals surface area contributed by atoms with Gasteiger partial charge in [0.1, 0.15) is 11.6 Å². The van der Waals surface area contributed by atoms with E-state index < -0.39 is 35.9 Å². The van der Waals surface area contributed by atoms with E-state index in [1.165, 1.54) is 0 Å². The molecule has 2 fully saturated rings. The van der Waals surface area contributed by atoms with Gasteiger partial charge in [0.15, 0.2) is 11.9 Å². The zero-order valence-corrected chi connectivity index (χ0v) is 29.0. The molecular formula is C36H56N2O7. The van der Waals surface area contributed by atoms with Crippen LogP contribution < -0.4 is 5.32 Å². The number of carbonyl (C=O) groups excluding carboxylic acids is 3. The Morgan fingerprint density at radius 1 is 1.04 bits per heavy atom. The third-order valence-corrected chi connectivity index (χ3v) is 7.85. The van der Waals surface area contributed by atoms with Crippen LogP contribution in [0.5, 0.6) is 0 Å². The molecule has 1 aromatic carbocycles. The Kier molecular flexibility index (Phi) is 17.8. The van der Waals surface area contributed by atoms with Gasteiger partial charge in [0.2, 0.25) is 0 Å². The van der Waals surface area contributed by atoms with Crippen molar-refractivity contribution < 1.29 is 33.7 Å². The van der Waals surface area contributed by atoms with E-state index in [4.69, 9.17) is 14.2 Å². The maximum absolute atomic E-state index is 13.4. The summed E-state index contributed by atoms with van der Waals surface area (Å²) in [6, 6.07) is 9.31. The van der Waals surface area contributed by atoms with E-state index in [1.807, 2.05) is 84.9 Å². The highest BCUT2D eigenvalue weighted by Crippen LogP contribution is 2.32. The number of Topliss-reactive ketones (excluding diaryl/α,β-unsaturated/α-hetero) is 2. The molecule has 1 aromatic heterocycles. The van der Waals surface area contributed by atoms with E-state index in [2.05, 4.69) is 16.4 Å². The van der Waals surface area contributed by atoms with Crippen molar-refractivity contribution in [3.05, 3.63) is 48.2 Å². The molecule has 4 rings (SSSR count). The van der Waals surface area contributed by atoms with Gasteiger partial charge in [-0.05, 0) is 37.5 Å². The summed E-state index contributed by atoms with van der Waals surface area (Å²) < 4.78 is 17.2. The van der Waals surface area contributed by atoms with Crippen molar-refractivity contribution in [2.45, 2.75) is 113 Å². The van der Waals surface area contributed by atoms with Crippen LogP contribution in [-0.4, -0.2) is 65.0 Å². The molecular weight excluding hydrogens is 572 g/mol. The molecule has 0 aliphatic carbocycles. The van der Waals surface area contributed by atoms with E-state index in [1.54, 1.807) is 27.0 Å². The fraction of sp³-hybridized carbons (Fsp3) is 0.611. The number of ketones is 2. The Morgan fingerprint density at radius 2 is 1.71 bits per heavy atom. The highest BCUT2D eigenvalue weighted by Gasteiger charge is 2.51. The normalized spacial score (nSPS) is 29.0. The number of aliphatic hydroxyl groups excluding tert-OH is 1. The van der Waals surface area contributed by atoms with Crippen LogP contribution in [-0.2, 0) is 23.8 Å². The maximum atomic E-state index is 13.4. The molecule has 0 radical (unpaired) electrons. The number of nitrogens with one attached hydrogen (secondary N) is 1. The zero-order chi connectivity index (χ0) is 34.2. The van der Waals surface area contributed by atoms with Crippen molar-refractivity contribution in [1.29, 1.82) is 0 Å². The molecule has 0 spiro atoms. The molecule has 2 N–H and O–H groups in total. The molecule has 3 heterocycles. The average molecular weight is 629 g/mol. The number of pyridine rings is 1. The SMILES string of the molecule is CC.CC.CC.CC1C(=O)CCC(OC/C=C/c2cnc3ccccc3c2)C[C@@H](C)C(=O)C(C)[C@H]2NC(=O)O[C@]2(C)COC1O. The first-order chi connectivity index (χ1) is 21.6. The molecule has 45 heavy (non-hydrogen) atoms. The van der Waals surface area contributed by atoms with Crippen molar-refractivity contribution in [2.24, 2.45) is 17.8 Å². The Labute approximate surface area is 270 Å². The van der Waals surface area contributed by atoms with Crippen molar-refractivity contribution in [1.82, 2.24) is 10.3 Å². The smallest absolute Gasteiger partial charge is 0.408 e. The van der Waals surface area contributed by atoms with E-state index >= 15 is 0 Å². The molecule has 252 valence electrons. The summed E-state index contributed by atoms with van der Waals surface area (Å²) in [6.45, 7) is 19.0. The Balaban J connectivity index is 0.00000159. The minimum Gasteiger partial charge on any atom is -0.439 e. The van der Waals surface area contributed by atoms with Gasteiger partial charge in [-0.25, -0.2) is 4.79 Å². The number of alkyl carbamates (subject to hydrolysis) is 1. The number of amides is 1. The van der Waals surface area contributed by atoms with Crippen molar-refractivity contribution in [3.63, 3.8) is 0 Å². The van der Waals surface area contributed by atoms with Crippen molar-refractivity contribution in [2.75, 3.05) is 13.2 Å². The fourth-order valence-corrected chi connectivity index (χ4v) is 5.39. The average Bonchev–Trinajstić information content (AvgIpc) is 3.38. The second-order valence-corrected chi connectivity index (χ2v) is 11.0. The molecule has 2 saturated heterocycles. The number of hydrogen-bond donors (Lipinski definition) is 2. The first kappa shape index (κ1) is 39.9. The lowest BCUT2D eigenvalue weighted by Gasteiger charge is -2.34. The van der Waals surface area contributed by atoms with Gasteiger partial charge in [0.25, 0.3) is 0 Å². The van der Waals surface area contributed by atoms with E-state index in [-0.39, 0.29) is 36.6 Å². The topological polar surface area (TPSA) is 124 Å². The van der Waals surface area contributed by atoms with Gasteiger partial charge in [0, 0.05) is 29.8 Å². The van der Waals surface area contributed by atoms with Gasteiger partial charge >= 0.3 is 6.09 Å². The largest absolute Gasteiger partial charge is 0.439 e. The summed E-state index contributed by atoms with van der Waals surface area (Å²) in [5.41, 5.74) is 0.706. The number of aromatic nitrogens is 1. The quantitative estimate of drug-likeness (QED) is 0.366. The summed E-state index contributed by atoms with van der Waals surface area (Å²) in [5, 5.41) is 14.3. The second-order valence-electron chi connectivity index (χ2n) is 11.0.